The maximum atomic E-state index is 2.71. The summed E-state index contributed by atoms with van der Waals surface area (Å²) in [4.78, 5) is 0. The monoisotopic (exact) mass is 672 g/mol. The summed E-state index contributed by atoms with van der Waals surface area (Å²) < 4.78 is 0. The van der Waals surface area contributed by atoms with Gasteiger partial charge in [-0.3, -0.25) is 0 Å². The molecule has 0 bridgehead atoms. The van der Waals surface area contributed by atoms with E-state index in [0.717, 1.165) is 0 Å². The van der Waals surface area contributed by atoms with Crippen LogP contribution in [0.15, 0.2) is 60.7 Å². The highest BCUT2D eigenvalue weighted by Crippen LogP contribution is 2.81. The van der Waals surface area contributed by atoms with Crippen LogP contribution in [0.4, 0.5) is 0 Å². The second-order valence-corrected chi connectivity index (χ2v) is 62.3. The molecule has 3 rings (SSSR count). The van der Waals surface area contributed by atoms with Crippen molar-refractivity contribution in [2.24, 2.45) is 0 Å². The first-order valence-corrected chi connectivity index (χ1v) is 30.7. The Morgan fingerprint density at radius 2 is 0.548 bits per heavy atom. The molecule has 42 heavy (non-hydrogen) atoms. The SMILES string of the molecule is CC(C)(C)[Si](C(C)(C)C)(C(C)(C)C)[Si]1(c2ccccc2)S[Si](c2ccccc2)([Si](C(C)(C)C)(C(C)(C)C)C(C)(C)C)S1. The summed E-state index contributed by atoms with van der Waals surface area (Å²) >= 11 is 0. The second-order valence-electron chi connectivity index (χ2n) is 19.2. The van der Waals surface area contributed by atoms with Crippen LogP contribution in [-0.2, 0) is 0 Å². The van der Waals surface area contributed by atoms with E-state index in [-0.39, 0.29) is 30.2 Å². The van der Waals surface area contributed by atoms with Gasteiger partial charge < -0.3 is 0 Å². The average molecular weight is 673 g/mol. The summed E-state index contributed by atoms with van der Waals surface area (Å²) in [5.74, 6) is -4.40. The first-order valence-electron chi connectivity index (χ1n) is 16.1. The Morgan fingerprint density at radius 3 is 0.714 bits per heavy atom. The first-order chi connectivity index (χ1) is 18.6. The van der Waals surface area contributed by atoms with Gasteiger partial charge in [-0.1, -0.05) is 185 Å². The van der Waals surface area contributed by atoms with Crippen molar-refractivity contribution in [2.75, 3.05) is 0 Å². The summed E-state index contributed by atoms with van der Waals surface area (Å²) in [6.07, 6.45) is 0. The van der Waals surface area contributed by atoms with Crippen LogP contribution < -0.4 is 10.4 Å². The van der Waals surface area contributed by atoms with Gasteiger partial charge in [0.05, 0.1) is 15.2 Å². The van der Waals surface area contributed by atoms with Crippen molar-refractivity contribution in [1.29, 1.82) is 0 Å². The van der Waals surface area contributed by atoms with Crippen molar-refractivity contribution >= 4 is 58.7 Å². The highest BCUT2D eigenvalue weighted by atomic mass is 32.9. The standard InChI is InChI=1S/C36H64S2Si4/c1-31(2,3)41(32(4,5)6,33(7,8)9)39(29-25-21-19-22-26-29)37-40(38-39,30-27-23-20-24-28-30)42(34(10,11)12,35(13,14)15)36(16,17)18/h19-28H,1-18H3. The Hall–Kier alpha value is 0.00753. The zero-order valence-corrected chi connectivity index (χ0v) is 36.2. The van der Waals surface area contributed by atoms with Gasteiger partial charge >= 0.3 is 0 Å². The lowest BCUT2D eigenvalue weighted by molar-refractivity contribution is 0.555. The van der Waals surface area contributed by atoms with E-state index in [9.17, 15) is 0 Å². The van der Waals surface area contributed by atoms with Crippen LogP contribution in [-0.4, -0.2) is 27.0 Å². The Labute approximate surface area is 272 Å². The molecule has 1 saturated heterocycles. The Bertz CT molecular complexity index is 1050. The minimum absolute atomic E-state index is 0.248. The molecule has 2 aromatic rings. The van der Waals surface area contributed by atoms with E-state index >= 15 is 0 Å². The number of hydrogen-bond donors (Lipinski definition) is 0. The quantitative estimate of drug-likeness (QED) is 0.296. The number of benzene rings is 2. The molecule has 1 heterocycles. The molecular weight excluding hydrogens is 609 g/mol. The number of rotatable bonds is 4. The maximum Gasteiger partial charge on any atom is 0.187 e. The van der Waals surface area contributed by atoms with E-state index in [0.29, 0.717) is 0 Å². The molecule has 2 aromatic carbocycles. The predicted octanol–water partition coefficient (Wildman–Crippen LogP) is 12.0. The van der Waals surface area contributed by atoms with E-state index in [1.54, 1.807) is 10.4 Å². The molecule has 0 atom stereocenters. The molecule has 0 amide bonds. The molecule has 0 radical (unpaired) electrons. The van der Waals surface area contributed by atoms with Gasteiger partial charge in [-0.25, -0.2) is 0 Å². The van der Waals surface area contributed by atoms with Crippen LogP contribution in [0, 0.1) is 0 Å². The van der Waals surface area contributed by atoms with Gasteiger partial charge in [0, 0.05) is 0 Å². The molecule has 1 aliphatic rings. The molecule has 0 aromatic heterocycles. The van der Waals surface area contributed by atoms with Gasteiger partial charge in [-0.2, -0.15) is 21.3 Å². The van der Waals surface area contributed by atoms with Gasteiger partial charge in [0.1, 0.15) is 0 Å². The minimum atomic E-state index is -2.20. The number of hydrogen-bond acceptors (Lipinski definition) is 2. The Kier molecular flexibility index (Phi) is 9.37. The Balaban J connectivity index is 2.67. The van der Waals surface area contributed by atoms with Gasteiger partial charge in [0.15, 0.2) is 11.8 Å². The van der Waals surface area contributed by atoms with Crippen molar-refractivity contribution in [3.8, 4) is 0 Å². The molecule has 0 spiro atoms. The molecule has 236 valence electrons. The lowest BCUT2D eigenvalue weighted by Gasteiger charge is -2.78. The highest BCUT2D eigenvalue weighted by Gasteiger charge is 2.85. The van der Waals surface area contributed by atoms with Crippen LogP contribution in [0.25, 0.3) is 0 Å². The third kappa shape index (κ3) is 4.85. The average Bonchev–Trinajstić information content (AvgIpc) is 2.72. The fourth-order valence-corrected chi connectivity index (χ4v) is 173. The van der Waals surface area contributed by atoms with Crippen molar-refractivity contribution in [3.63, 3.8) is 0 Å². The van der Waals surface area contributed by atoms with Gasteiger partial charge in [0.25, 0.3) is 0 Å². The van der Waals surface area contributed by atoms with Crippen LogP contribution in [0.3, 0.4) is 0 Å². The van der Waals surface area contributed by atoms with Crippen LogP contribution in [0.5, 0.6) is 0 Å². The van der Waals surface area contributed by atoms with Gasteiger partial charge in [-0.05, 0) is 40.6 Å². The second kappa shape index (κ2) is 10.8. The first kappa shape index (κ1) is 36.5. The van der Waals surface area contributed by atoms with E-state index in [2.05, 4.69) is 207 Å². The van der Waals surface area contributed by atoms with E-state index in [1.807, 2.05) is 0 Å². The smallest absolute Gasteiger partial charge is 0.180 e. The lowest BCUT2D eigenvalue weighted by Crippen LogP contribution is -2.91. The van der Waals surface area contributed by atoms with Crippen LogP contribution in [0.1, 0.15) is 125 Å². The van der Waals surface area contributed by atoms with E-state index < -0.39 is 27.0 Å². The van der Waals surface area contributed by atoms with Gasteiger partial charge in [0.2, 0.25) is 0 Å². The summed E-state index contributed by atoms with van der Waals surface area (Å²) in [5.41, 5.74) is 0. The molecule has 1 aliphatic heterocycles. The molecule has 0 nitrogen and oxygen atoms in total. The summed E-state index contributed by atoms with van der Waals surface area (Å²) in [6, 6.07) is 24.2. The molecule has 0 N–H and O–H groups in total. The molecule has 0 saturated carbocycles. The minimum Gasteiger partial charge on any atom is -0.180 e. The van der Waals surface area contributed by atoms with Crippen LogP contribution in [0.2, 0.25) is 30.2 Å². The highest BCUT2D eigenvalue weighted by molar-refractivity contribution is 9.06. The van der Waals surface area contributed by atoms with Crippen molar-refractivity contribution < 1.29 is 0 Å². The largest absolute Gasteiger partial charge is 0.187 e. The third-order valence-electron chi connectivity index (χ3n) is 10.6. The fourth-order valence-electron chi connectivity index (χ4n) is 12.4. The normalized spacial score (nSPS) is 23.5. The predicted molar refractivity (Wildman–Crippen MR) is 209 cm³/mol. The Morgan fingerprint density at radius 1 is 0.357 bits per heavy atom. The molecule has 0 aliphatic carbocycles. The van der Waals surface area contributed by atoms with Gasteiger partial charge in [-0.15, -0.1) is 0 Å². The van der Waals surface area contributed by atoms with Crippen molar-refractivity contribution in [3.05, 3.63) is 60.7 Å². The molecule has 6 heteroatoms. The molecule has 0 unspecified atom stereocenters. The zero-order chi connectivity index (χ0) is 32.6. The fraction of sp³-hybridized carbons (Fsp3) is 0.667. The lowest BCUT2D eigenvalue weighted by atomic mass is 10.2. The third-order valence-corrected chi connectivity index (χ3v) is 98.3. The topological polar surface area (TPSA) is 0 Å². The van der Waals surface area contributed by atoms with Crippen molar-refractivity contribution in [2.45, 2.75) is 155 Å². The molecular formula is C36H64S2Si4. The summed E-state index contributed by atoms with van der Waals surface area (Å²) in [5, 5.41) is 4.92. The zero-order valence-electron chi connectivity index (χ0n) is 30.6. The maximum absolute atomic E-state index is 2.71. The molecule has 1 fully saturated rings. The van der Waals surface area contributed by atoms with E-state index in [1.165, 1.54) is 0 Å². The van der Waals surface area contributed by atoms with E-state index in [4.69, 9.17) is 0 Å². The summed E-state index contributed by atoms with van der Waals surface area (Å²) in [7, 11) is 1.10. The summed E-state index contributed by atoms with van der Waals surface area (Å²) in [6.45, 7) is 47.5. The van der Waals surface area contributed by atoms with Crippen LogP contribution >= 0.6 is 21.3 Å². The van der Waals surface area contributed by atoms with Crippen molar-refractivity contribution in [1.82, 2.24) is 0 Å².